The molecule has 0 saturated carbocycles. The number of rotatable bonds is 11. The van der Waals surface area contributed by atoms with E-state index in [4.69, 9.17) is 0 Å². The molecule has 6 heteroatoms. The van der Waals surface area contributed by atoms with Gasteiger partial charge in [-0.1, -0.05) is 48.7 Å². The van der Waals surface area contributed by atoms with Crippen LogP contribution in [0.1, 0.15) is 39.5 Å². The molecule has 1 N–H and O–H groups in total. The number of hydrogen-bond donors (Lipinski definition) is 1. The Labute approximate surface area is 143 Å². The van der Waals surface area contributed by atoms with E-state index in [1.807, 2.05) is 6.07 Å². The second-order valence-electron chi connectivity index (χ2n) is 5.40. The molecular formula is C16H27BrN2O2S. The maximum Gasteiger partial charge on any atom is 0.240 e. The molecule has 0 heterocycles. The standard InChI is InChI=1S/C16H27BrN2O2S/c1-3-5-11-19(12-6-4-2)13-10-18-22(20,21)16-9-7-8-15(17)14-16/h7-9,14,18H,3-6,10-13H2,1-2H3. The summed E-state index contributed by atoms with van der Waals surface area (Å²) in [5.74, 6) is 0. The third-order valence-electron chi connectivity index (χ3n) is 3.48. The zero-order valence-corrected chi connectivity index (χ0v) is 15.9. The lowest BCUT2D eigenvalue weighted by molar-refractivity contribution is 0.269. The van der Waals surface area contributed by atoms with E-state index in [2.05, 4.69) is 39.4 Å². The molecule has 0 aliphatic carbocycles. The fourth-order valence-electron chi connectivity index (χ4n) is 2.15. The fourth-order valence-corrected chi connectivity index (χ4v) is 3.77. The number of benzene rings is 1. The lowest BCUT2D eigenvalue weighted by Crippen LogP contribution is -2.36. The van der Waals surface area contributed by atoms with Gasteiger partial charge in [0.05, 0.1) is 4.90 Å². The van der Waals surface area contributed by atoms with Crippen LogP contribution in [0.5, 0.6) is 0 Å². The molecule has 0 atom stereocenters. The highest BCUT2D eigenvalue weighted by Crippen LogP contribution is 2.15. The Morgan fingerprint density at radius 1 is 1.09 bits per heavy atom. The van der Waals surface area contributed by atoms with Crippen LogP contribution in [-0.4, -0.2) is 39.5 Å². The molecular weight excluding hydrogens is 364 g/mol. The van der Waals surface area contributed by atoms with Gasteiger partial charge in [-0.2, -0.15) is 0 Å². The van der Waals surface area contributed by atoms with Gasteiger partial charge in [-0.3, -0.25) is 0 Å². The minimum absolute atomic E-state index is 0.301. The molecule has 0 aliphatic heterocycles. The predicted molar refractivity (Wildman–Crippen MR) is 95.6 cm³/mol. The Morgan fingerprint density at radius 2 is 1.73 bits per heavy atom. The molecule has 22 heavy (non-hydrogen) atoms. The van der Waals surface area contributed by atoms with Crippen molar-refractivity contribution in [2.75, 3.05) is 26.2 Å². The van der Waals surface area contributed by atoms with Crippen LogP contribution in [0.3, 0.4) is 0 Å². The minimum Gasteiger partial charge on any atom is -0.302 e. The maximum atomic E-state index is 12.2. The third kappa shape index (κ3) is 7.22. The summed E-state index contributed by atoms with van der Waals surface area (Å²) in [7, 11) is -3.43. The molecule has 4 nitrogen and oxygen atoms in total. The highest BCUT2D eigenvalue weighted by molar-refractivity contribution is 9.10. The quantitative estimate of drug-likeness (QED) is 0.627. The van der Waals surface area contributed by atoms with Gasteiger partial charge in [0.2, 0.25) is 10.0 Å². The van der Waals surface area contributed by atoms with Crippen LogP contribution in [0.2, 0.25) is 0 Å². The zero-order chi connectivity index (χ0) is 16.4. The van der Waals surface area contributed by atoms with Gasteiger partial charge in [0, 0.05) is 17.6 Å². The van der Waals surface area contributed by atoms with Crippen molar-refractivity contribution in [1.82, 2.24) is 9.62 Å². The Kier molecular flexibility index (Phi) is 9.24. The molecule has 1 rings (SSSR count). The van der Waals surface area contributed by atoms with Gasteiger partial charge in [0.1, 0.15) is 0 Å². The van der Waals surface area contributed by atoms with Gasteiger partial charge >= 0.3 is 0 Å². The van der Waals surface area contributed by atoms with Crippen LogP contribution >= 0.6 is 15.9 Å². The number of halogens is 1. The SMILES string of the molecule is CCCCN(CCCC)CCNS(=O)(=O)c1cccc(Br)c1. The Balaban J connectivity index is 2.52. The number of sulfonamides is 1. The van der Waals surface area contributed by atoms with Crippen molar-refractivity contribution in [1.29, 1.82) is 0 Å². The number of hydrogen-bond acceptors (Lipinski definition) is 3. The van der Waals surface area contributed by atoms with Gasteiger partial charge in [-0.15, -0.1) is 0 Å². The average Bonchev–Trinajstić information content (AvgIpc) is 2.49. The topological polar surface area (TPSA) is 49.4 Å². The number of nitrogens with zero attached hydrogens (tertiary/aromatic N) is 1. The van der Waals surface area contributed by atoms with Crippen molar-refractivity contribution in [2.24, 2.45) is 0 Å². The van der Waals surface area contributed by atoms with Crippen molar-refractivity contribution in [3.63, 3.8) is 0 Å². The van der Waals surface area contributed by atoms with Crippen molar-refractivity contribution in [3.8, 4) is 0 Å². The normalized spacial score (nSPS) is 12.0. The van der Waals surface area contributed by atoms with E-state index in [0.29, 0.717) is 11.4 Å². The minimum atomic E-state index is -3.43. The zero-order valence-electron chi connectivity index (χ0n) is 13.5. The van der Waals surface area contributed by atoms with Gasteiger partial charge < -0.3 is 4.90 Å². The van der Waals surface area contributed by atoms with E-state index in [-0.39, 0.29) is 0 Å². The summed E-state index contributed by atoms with van der Waals surface area (Å²) in [6, 6.07) is 6.77. The predicted octanol–water partition coefficient (Wildman–Crippen LogP) is 3.63. The first-order valence-electron chi connectivity index (χ1n) is 7.97. The molecule has 0 spiro atoms. The summed E-state index contributed by atoms with van der Waals surface area (Å²) in [5, 5.41) is 0. The highest BCUT2D eigenvalue weighted by Gasteiger charge is 2.14. The highest BCUT2D eigenvalue weighted by atomic mass is 79.9. The van der Waals surface area contributed by atoms with E-state index < -0.39 is 10.0 Å². The molecule has 0 aromatic heterocycles. The summed E-state index contributed by atoms with van der Waals surface area (Å²) in [6.07, 6.45) is 4.63. The van der Waals surface area contributed by atoms with Crippen LogP contribution in [0.4, 0.5) is 0 Å². The Hall–Kier alpha value is -0.430. The summed E-state index contributed by atoms with van der Waals surface area (Å²) in [4.78, 5) is 2.65. The number of nitrogens with one attached hydrogen (secondary N) is 1. The van der Waals surface area contributed by atoms with Crippen molar-refractivity contribution >= 4 is 26.0 Å². The second kappa shape index (κ2) is 10.4. The summed E-state index contributed by atoms with van der Waals surface area (Å²) >= 11 is 3.30. The molecule has 0 unspecified atom stereocenters. The fraction of sp³-hybridized carbons (Fsp3) is 0.625. The molecule has 1 aromatic carbocycles. The van der Waals surface area contributed by atoms with Crippen LogP contribution in [-0.2, 0) is 10.0 Å². The summed E-state index contributed by atoms with van der Waals surface area (Å²) in [5.41, 5.74) is 0. The van der Waals surface area contributed by atoms with Gasteiger partial charge in [-0.25, -0.2) is 13.1 Å². The van der Waals surface area contributed by atoms with Crippen molar-refractivity contribution in [2.45, 2.75) is 44.4 Å². The first kappa shape index (κ1) is 19.6. The van der Waals surface area contributed by atoms with Crippen molar-refractivity contribution < 1.29 is 8.42 Å². The summed E-state index contributed by atoms with van der Waals surface area (Å²) < 4.78 is 27.9. The van der Waals surface area contributed by atoms with E-state index in [9.17, 15) is 8.42 Å². The van der Waals surface area contributed by atoms with Gasteiger partial charge in [0.25, 0.3) is 0 Å². The van der Waals surface area contributed by atoms with Gasteiger partial charge in [0.15, 0.2) is 0 Å². The summed E-state index contributed by atoms with van der Waals surface area (Å²) in [6.45, 7) is 7.63. The molecule has 1 aromatic rings. The second-order valence-corrected chi connectivity index (χ2v) is 8.09. The van der Waals surface area contributed by atoms with Crippen LogP contribution < -0.4 is 4.72 Å². The molecule has 0 aliphatic rings. The molecule has 0 bridgehead atoms. The lowest BCUT2D eigenvalue weighted by atomic mass is 10.2. The van der Waals surface area contributed by atoms with E-state index >= 15 is 0 Å². The lowest BCUT2D eigenvalue weighted by Gasteiger charge is -2.22. The first-order chi connectivity index (χ1) is 10.5. The smallest absolute Gasteiger partial charge is 0.240 e. The van der Waals surface area contributed by atoms with Crippen LogP contribution in [0.15, 0.2) is 33.6 Å². The van der Waals surface area contributed by atoms with E-state index in [1.54, 1.807) is 18.2 Å². The maximum absolute atomic E-state index is 12.2. The Bertz CT molecular complexity index is 527. The Morgan fingerprint density at radius 3 is 2.27 bits per heavy atom. The first-order valence-corrected chi connectivity index (χ1v) is 10.2. The monoisotopic (exact) mass is 390 g/mol. The van der Waals surface area contributed by atoms with Crippen LogP contribution in [0, 0.1) is 0 Å². The van der Waals surface area contributed by atoms with E-state index in [0.717, 1.165) is 49.8 Å². The van der Waals surface area contributed by atoms with E-state index in [1.165, 1.54) is 0 Å². The largest absolute Gasteiger partial charge is 0.302 e. The van der Waals surface area contributed by atoms with Crippen LogP contribution in [0.25, 0.3) is 0 Å². The molecule has 0 saturated heterocycles. The average molecular weight is 391 g/mol. The molecule has 0 amide bonds. The van der Waals surface area contributed by atoms with Crippen molar-refractivity contribution in [3.05, 3.63) is 28.7 Å². The third-order valence-corrected chi connectivity index (χ3v) is 5.43. The number of unbranched alkanes of at least 4 members (excludes halogenated alkanes) is 2. The molecule has 0 radical (unpaired) electrons. The molecule has 126 valence electrons. The van der Waals surface area contributed by atoms with Gasteiger partial charge in [-0.05, 0) is 44.1 Å². The molecule has 0 fully saturated rings.